The van der Waals surface area contributed by atoms with Crippen molar-refractivity contribution in [3.8, 4) is 5.75 Å². The molecule has 2 rings (SSSR count). The van der Waals surface area contributed by atoms with Gasteiger partial charge in [0.05, 0.1) is 5.52 Å². The number of aromatic nitrogens is 1. The molecule has 96 valence electrons. The van der Waals surface area contributed by atoms with Gasteiger partial charge in [-0.25, -0.2) is 0 Å². The van der Waals surface area contributed by atoms with Gasteiger partial charge in [-0.2, -0.15) is 0 Å². The molecule has 0 spiro atoms. The maximum atomic E-state index is 12.0. The SMILES string of the molecule is CC(CN)NC(=O)c1cc2ccc(O)cc2n1C. The van der Waals surface area contributed by atoms with Crippen molar-refractivity contribution < 1.29 is 9.90 Å². The molecule has 1 amide bonds. The van der Waals surface area contributed by atoms with E-state index in [1.54, 1.807) is 35.9 Å². The molecule has 0 aliphatic heterocycles. The predicted octanol–water partition coefficient (Wildman–Crippen LogP) is 0.961. The number of nitrogens with two attached hydrogens (primary N) is 1. The number of hydrogen-bond acceptors (Lipinski definition) is 3. The molecule has 0 aliphatic rings. The number of aryl methyl sites for hydroxylation is 1. The largest absolute Gasteiger partial charge is 0.508 e. The number of phenolic OH excluding ortho intramolecular Hbond substituents is 1. The van der Waals surface area contributed by atoms with Crippen molar-refractivity contribution in [2.75, 3.05) is 6.54 Å². The first kappa shape index (κ1) is 12.4. The second kappa shape index (κ2) is 4.70. The minimum absolute atomic E-state index is 0.0658. The van der Waals surface area contributed by atoms with Gasteiger partial charge in [0.15, 0.2) is 0 Å². The Kier molecular flexibility index (Phi) is 3.25. The lowest BCUT2D eigenvalue weighted by Gasteiger charge is -2.11. The number of benzene rings is 1. The lowest BCUT2D eigenvalue weighted by molar-refractivity contribution is 0.0933. The number of nitrogens with one attached hydrogen (secondary N) is 1. The summed E-state index contributed by atoms with van der Waals surface area (Å²) in [7, 11) is 1.80. The summed E-state index contributed by atoms with van der Waals surface area (Å²) in [5.74, 6) is 0.0251. The van der Waals surface area contributed by atoms with E-state index >= 15 is 0 Å². The first-order valence-electron chi connectivity index (χ1n) is 5.82. The highest BCUT2D eigenvalue weighted by Crippen LogP contribution is 2.23. The van der Waals surface area contributed by atoms with Crippen molar-refractivity contribution in [1.82, 2.24) is 9.88 Å². The van der Waals surface area contributed by atoms with Crippen LogP contribution in [0.15, 0.2) is 24.3 Å². The number of aromatic hydroxyl groups is 1. The molecule has 1 aromatic heterocycles. The monoisotopic (exact) mass is 247 g/mol. The summed E-state index contributed by atoms with van der Waals surface area (Å²) in [6.45, 7) is 2.25. The molecule has 1 heterocycles. The average Bonchev–Trinajstić information content (AvgIpc) is 2.66. The lowest BCUT2D eigenvalue weighted by atomic mass is 10.2. The number of carbonyl (C=O) groups excluding carboxylic acids is 1. The summed E-state index contributed by atoms with van der Waals surface area (Å²) >= 11 is 0. The smallest absolute Gasteiger partial charge is 0.268 e. The fraction of sp³-hybridized carbons (Fsp3) is 0.308. The van der Waals surface area contributed by atoms with Gasteiger partial charge >= 0.3 is 0 Å². The van der Waals surface area contributed by atoms with Crippen LogP contribution in [0.5, 0.6) is 5.75 Å². The van der Waals surface area contributed by atoms with E-state index in [0.29, 0.717) is 12.2 Å². The topological polar surface area (TPSA) is 80.3 Å². The lowest BCUT2D eigenvalue weighted by Crippen LogP contribution is -2.38. The number of nitrogens with zero attached hydrogens (tertiary/aromatic N) is 1. The minimum atomic E-state index is -0.161. The zero-order valence-corrected chi connectivity index (χ0v) is 10.5. The Morgan fingerprint density at radius 1 is 1.50 bits per heavy atom. The van der Waals surface area contributed by atoms with Crippen molar-refractivity contribution in [3.63, 3.8) is 0 Å². The summed E-state index contributed by atoms with van der Waals surface area (Å²) in [6.07, 6.45) is 0. The van der Waals surface area contributed by atoms with Crippen LogP contribution in [0.3, 0.4) is 0 Å². The summed E-state index contributed by atoms with van der Waals surface area (Å²) in [6, 6.07) is 6.76. The second-order valence-electron chi connectivity index (χ2n) is 4.44. The quantitative estimate of drug-likeness (QED) is 0.755. The molecule has 4 N–H and O–H groups in total. The van der Waals surface area contributed by atoms with E-state index in [-0.39, 0.29) is 17.7 Å². The third-order valence-corrected chi connectivity index (χ3v) is 2.99. The van der Waals surface area contributed by atoms with E-state index in [1.807, 2.05) is 6.92 Å². The van der Waals surface area contributed by atoms with Crippen LogP contribution in [0.4, 0.5) is 0 Å². The van der Waals surface area contributed by atoms with Gasteiger partial charge < -0.3 is 20.7 Å². The van der Waals surface area contributed by atoms with Crippen molar-refractivity contribution in [2.45, 2.75) is 13.0 Å². The Bertz CT molecular complexity index is 589. The Balaban J connectivity index is 2.40. The maximum Gasteiger partial charge on any atom is 0.268 e. The highest BCUT2D eigenvalue weighted by Gasteiger charge is 2.14. The number of hydrogen-bond donors (Lipinski definition) is 3. The number of rotatable bonds is 3. The van der Waals surface area contributed by atoms with Gasteiger partial charge in [-0.1, -0.05) is 0 Å². The molecule has 18 heavy (non-hydrogen) atoms. The third kappa shape index (κ3) is 2.17. The molecule has 2 aromatic rings. The first-order chi connectivity index (χ1) is 8.52. The Morgan fingerprint density at radius 2 is 2.22 bits per heavy atom. The van der Waals surface area contributed by atoms with Gasteiger partial charge in [-0.05, 0) is 25.1 Å². The highest BCUT2D eigenvalue weighted by molar-refractivity contribution is 5.99. The Labute approximate surface area is 105 Å². The fourth-order valence-corrected chi connectivity index (χ4v) is 1.89. The third-order valence-electron chi connectivity index (χ3n) is 2.99. The molecule has 5 nitrogen and oxygen atoms in total. The van der Waals surface area contributed by atoms with Crippen LogP contribution in [-0.4, -0.2) is 28.2 Å². The molecule has 1 unspecified atom stereocenters. The molecule has 5 heteroatoms. The van der Waals surface area contributed by atoms with E-state index in [0.717, 1.165) is 10.9 Å². The first-order valence-corrected chi connectivity index (χ1v) is 5.82. The molecule has 0 bridgehead atoms. The van der Waals surface area contributed by atoms with Gasteiger partial charge in [-0.3, -0.25) is 4.79 Å². The summed E-state index contributed by atoms with van der Waals surface area (Å²) in [5, 5.41) is 13.2. The van der Waals surface area contributed by atoms with E-state index in [4.69, 9.17) is 5.73 Å². The number of amides is 1. The van der Waals surface area contributed by atoms with Crippen LogP contribution < -0.4 is 11.1 Å². The number of fused-ring (bicyclic) bond motifs is 1. The molecule has 1 atom stereocenters. The van der Waals surface area contributed by atoms with E-state index in [2.05, 4.69) is 5.32 Å². The maximum absolute atomic E-state index is 12.0. The van der Waals surface area contributed by atoms with Crippen LogP contribution in [0.2, 0.25) is 0 Å². The summed E-state index contributed by atoms with van der Waals surface area (Å²) in [4.78, 5) is 12.0. The van der Waals surface area contributed by atoms with Gasteiger partial charge in [-0.15, -0.1) is 0 Å². The van der Waals surface area contributed by atoms with E-state index in [9.17, 15) is 9.90 Å². The molecule has 0 fully saturated rings. The van der Waals surface area contributed by atoms with Crippen molar-refractivity contribution in [2.24, 2.45) is 12.8 Å². The van der Waals surface area contributed by atoms with Gasteiger partial charge in [0.1, 0.15) is 11.4 Å². The zero-order chi connectivity index (χ0) is 13.3. The van der Waals surface area contributed by atoms with Crippen molar-refractivity contribution >= 4 is 16.8 Å². The van der Waals surface area contributed by atoms with Crippen molar-refractivity contribution in [1.29, 1.82) is 0 Å². The molecule has 0 saturated carbocycles. The van der Waals surface area contributed by atoms with Crippen LogP contribution in [0.25, 0.3) is 10.9 Å². The predicted molar refractivity (Wildman–Crippen MR) is 70.6 cm³/mol. The van der Waals surface area contributed by atoms with Crippen LogP contribution >= 0.6 is 0 Å². The normalized spacial score (nSPS) is 12.6. The number of carbonyl (C=O) groups is 1. The molecule has 0 aliphatic carbocycles. The minimum Gasteiger partial charge on any atom is -0.508 e. The van der Waals surface area contributed by atoms with Crippen LogP contribution in [0, 0.1) is 0 Å². The molecule has 0 radical (unpaired) electrons. The summed E-state index contributed by atoms with van der Waals surface area (Å²) < 4.78 is 1.76. The van der Waals surface area contributed by atoms with Gasteiger partial charge in [0.2, 0.25) is 0 Å². The van der Waals surface area contributed by atoms with Gasteiger partial charge in [0.25, 0.3) is 5.91 Å². The average molecular weight is 247 g/mol. The van der Waals surface area contributed by atoms with E-state index < -0.39 is 0 Å². The van der Waals surface area contributed by atoms with E-state index in [1.165, 1.54) is 0 Å². The Morgan fingerprint density at radius 3 is 2.89 bits per heavy atom. The number of phenols is 1. The second-order valence-corrected chi connectivity index (χ2v) is 4.44. The fourth-order valence-electron chi connectivity index (χ4n) is 1.89. The highest BCUT2D eigenvalue weighted by atomic mass is 16.3. The molecular formula is C13H17N3O2. The zero-order valence-electron chi connectivity index (χ0n) is 10.5. The molecule has 1 aromatic carbocycles. The Hall–Kier alpha value is -2.01. The standard InChI is InChI=1S/C13H17N3O2/c1-8(7-14)15-13(18)12-5-9-3-4-10(17)6-11(9)16(12)2/h3-6,8,17H,7,14H2,1-2H3,(H,15,18). The molecular weight excluding hydrogens is 230 g/mol. The van der Waals surface area contributed by atoms with Crippen molar-refractivity contribution in [3.05, 3.63) is 30.0 Å². The molecule has 0 saturated heterocycles. The summed E-state index contributed by atoms with van der Waals surface area (Å²) in [5.41, 5.74) is 6.85. The van der Waals surface area contributed by atoms with Crippen LogP contribution in [0.1, 0.15) is 17.4 Å². The van der Waals surface area contributed by atoms with Crippen LogP contribution in [-0.2, 0) is 7.05 Å². The van der Waals surface area contributed by atoms with Gasteiger partial charge in [0, 0.05) is 31.1 Å².